The molecule has 10 aromatic carbocycles. The fourth-order valence-corrected chi connectivity index (χ4v) is 16.4. The molecule has 0 saturated carbocycles. The lowest BCUT2D eigenvalue weighted by Gasteiger charge is -2.34. The minimum atomic E-state index is -2.83. The molecule has 0 atom stereocenters. The van der Waals surface area contributed by atoms with Crippen LogP contribution in [0.15, 0.2) is 255 Å². The normalized spacial score (nSPS) is 11.8. The lowest BCUT2D eigenvalue weighted by Crippen LogP contribution is -2.74. The fourth-order valence-electron chi connectivity index (χ4n) is 10.5. The molecule has 13 aromatic rings. The van der Waals surface area contributed by atoms with Crippen molar-refractivity contribution in [1.29, 1.82) is 0 Å². The molecular weight excluding hydrogens is 873 g/mol. The van der Waals surface area contributed by atoms with Gasteiger partial charge in [0.05, 0.1) is 11.0 Å². The Kier molecular flexibility index (Phi) is 10.00. The van der Waals surface area contributed by atoms with Gasteiger partial charge in [0.1, 0.15) is 0 Å². The van der Waals surface area contributed by atoms with Crippen LogP contribution in [0.4, 0.5) is 0 Å². The second kappa shape index (κ2) is 17.0. The quantitative estimate of drug-likeness (QED) is 0.107. The van der Waals surface area contributed by atoms with E-state index in [2.05, 4.69) is 259 Å². The van der Waals surface area contributed by atoms with Gasteiger partial charge < -0.3 is 4.57 Å². The molecule has 324 valence electrons. The highest BCUT2D eigenvalue weighted by atomic mass is 32.1. The number of nitrogens with zero attached hydrogens (tertiary/aromatic N) is 4. The van der Waals surface area contributed by atoms with Crippen LogP contribution in [-0.4, -0.2) is 27.6 Å². The first-order chi connectivity index (χ1) is 34.2. The lowest BCUT2D eigenvalue weighted by molar-refractivity contribution is 1.07. The number of benzene rings is 10. The monoisotopic (exact) mass is 914 g/mol. The maximum atomic E-state index is 5.34. The molecule has 0 aliphatic rings. The predicted molar refractivity (Wildman–Crippen MR) is 292 cm³/mol. The van der Waals surface area contributed by atoms with E-state index in [-0.39, 0.29) is 0 Å². The van der Waals surface area contributed by atoms with Gasteiger partial charge >= 0.3 is 0 Å². The zero-order chi connectivity index (χ0) is 45.7. The average Bonchev–Trinajstić information content (AvgIpc) is 3.98. The van der Waals surface area contributed by atoms with E-state index in [9.17, 15) is 0 Å². The minimum Gasteiger partial charge on any atom is -0.309 e. The summed E-state index contributed by atoms with van der Waals surface area (Å²) in [6.07, 6.45) is 0. The number of rotatable bonds is 9. The molecule has 0 aliphatic carbocycles. The molecule has 3 aromatic heterocycles. The van der Waals surface area contributed by atoms with Crippen molar-refractivity contribution in [1.82, 2.24) is 19.5 Å². The molecule has 3 heterocycles. The van der Waals surface area contributed by atoms with Gasteiger partial charge in [0.2, 0.25) is 0 Å². The second-order valence-corrected chi connectivity index (χ2v) is 22.4. The van der Waals surface area contributed by atoms with Gasteiger partial charge in [0, 0.05) is 53.3 Å². The standard InChI is InChI=1S/C63H42N4SSi/c1-4-19-48(20-5-1)69(49-21-6-2-7-22-49,50-23-8-3-9-24-50)51-25-16-18-46(42-51)63-65-61(44-36-34-43(35-37-44)52-29-17-33-59-60(52)55-28-12-15-32-58(55)68-59)64-62(66-63)45-38-40-47(41-39-45)67-56-30-13-10-26-53(56)54-27-11-14-31-57(54)67/h1-42H. The SMILES string of the molecule is c1ccc([Si](c2ccccc2)(c2ccccc2)c2cccc(-c3nc(-c4ccc(-c5cccc6sc7ccccc7c56)cc4)nc(-c4ccc(-n5c6ccccc6c6ccccc65)cc4)n3)c2)cc1. The van der Waals surface area contributed by atoms with Crippen molar-refractivity contribution < 1.29 is 0 Å². The number of aromatic nitrogens is 4. The van der Waals surface area contributed by atoms with E-state index in [4.69, 9.17) is 15.0 Å². The highest BCUT2D eigenvalue weighted by molar-refractivity contribution is 7.26. The van der Waals surface area contributed by atoms with Crippen LogP contribution in [0.3, 0.4) is 0 Å². The van der Waals surface area contributed by atoms with E-state index in [0.29, 0.717) is 17.5 Å². The average molecular weight is 915 g/mol. The molecule has 69 heavy (non-hydrogen) atoms. The van der Waals surface area contributed by atoms with Gasteiger partial charge in [0.25, 0.3) is 0 Å². The first-order valence-electron chi connectivity index (χ1n) is 23.3. The van der Waals surface area contributed by atoms with E-state index >= 15 is 0 Å². The molecule has 0 spiro atoms. The van der Waals surface area contributed by atoms with Crippen LogP contribution in [0.1, 0.15) is 0 Å². The maximum Gasteiger partial charge on any atom is 0.179 e. The van der Waals surface area contributed by atoms with E-state index in [0.717, 1.165) is 27.9 Å². The van der Waals surface area contributed by atoms with E-state index in [1.165, 1.54) is 68.3 Å². The zero-order valence-electron chi connectivity index (χ0n) is 37.4. The van der Waals surface area contributed by atoms with Crippen LogP contribution in [-0.2, 0) is 0 Å². The topological polar surface area (TPSA) is 43.6 Å². The maximum absolute atomic E-state index is 5.34. The van der Waals surface area contributed by atoms with Crippen molar-refractivity contribution in [3.63, 3.8) is 0 Å². The molecule has 0 amide bonds. The summed E-state index contributed by atoms with van der Waals surface area (Å²) in [7, 11) is -2.83. The minimum absolute atomic E-state index is 0.616. The number of para-hydroxylation sites is 2. The van der Waals surface area contributed by atoms with Crippen molar-refractivity contribution in [3.8, 4) is 51.0 Å². The van der Waals surface area contributed by atoms with Gasteiger partial charge in [-0.15, -0.1) is 11.3 Å². The van der Waals surface area contributed by atoms with Crippen molar-refractivity contribution >= 4 is 82.1 Å². The highest BCUT2D eigenvalue weighted by Crippen LogP contribution is 2.40. The number of hydrogen-bond acceptors (Lipinski definition) is 4. The second-order valence-electron chi connectivity index (χ2n) is 17.5. The summed E-state index contributed by atoms with van der Waals surface area (Å²) in [6.45, 7) is 0. The van der Waals surface area contributed by atoms with Gasteiger partial charge in [-0.05, 0) is 80.4 Å². The van der Waals surface area contributed by atoms with Gasteiger partial charge in [-0.25, -0.2) is 15.0 Å². The van der Waals surface area contributed by atoms with Crippen LogP contribution in [0.2, 0.25) is 0 Å². The van der Waals surface area contributed by atoms with E-state index in [1.807, 2.05) is 11.3 Å². The number of thiophene rings is 1. The van der Waals surface area contributed by atoms with Gasteiger partial charge in [-0.2, -0.15) is 0 Å². The van der Waals surface area contributed by atoms with Crippen LogP contribution in [0, 0.1) is 0 Å². The van der Waals surface area contributed by atoms with Crippen LogP contribution < -0.4 is 20.7 Å². The Morgan fingerprint density at radius 3 is 1.33 bits per heavy atom. The van der Waals surface area contributed by atoms with E-state index < -0.39 is 8.07 Å². The van der Waals surface area contributed by atoms with Gasteiger partial charge in [-0.3, -0.25) is 0 Å². The molecule has 0 saturated heterocycles. The number of fused-ring (bicyclic) bond motifs is 6. The molecule has 0 unspecified atom stereocenters. The van der Waals surface area contributed by atoms with E-state index in [1.54, 1.807) is 0 Å². The Morgan fingerprint density at radius 2 is 0.754 bits per heavy atom. The van der Waals surface area contributed by atoms with Crippen molar-refractivity contribution in [2.75, 3.05) is 0 Å². The molecule has 0 N–H and O–H groups in total. The number of hydrogen-bond donors (Lipinski definition) is 0. The Balaban J connectivity index is 0.975. The third-order valence-electron chi connectivity index (χ3n) is 13.6. The summed E-state index contributed by atoms with van der Waals surface area (Å²) < 4.78 is 4.92. The van der Waals surface area contributed by atoms with Crippen LogP contribution in [0.5, 0.6) is 0 Å². The molecule has 13 rings (SSSR count). The fraction of sp³-hybridized carbons (Fsp3) is 0. The highest BCUT2D eigenvalue weighted by Gasteiger charge is 2.41. The first-order valence-corrected chi connectivity index (χ1v) is 26.2. The van der Waals surface area contributed by atoms with Crippen molar-refractivity contribution in [2.45, 2.75) is 0 Å². The summed E-state index contributed by atoms with van der Waals surface area (Å²) >= 11 is 1.84. The molecular formula is C63H42N4SSi. The van der Waals surface area contributed by atoms with Gasteiger partial charge in [-0.1, -0.05) is 206 Å². The lowest BCUT2D eigenvalue weighted by atomic mass is 9.98. The Morgan fingerprint density at radius 1 is 0.319 bits per heavy atom. The molecule has 0 fully saturated rings. The Labute approximate surface area is 405 Å². The molecule has 0 bridgehead atoms. The summed E-state index contributed by atoms with van der Waals surface area (Å²) in [6, 6.07) is 92.0. The molecule has 0 radical (unpaired) electrons. The summed E-state index contributed by atoms with van der Waals surface area (Å²) in [4.78, 5) is 16.0. The Bertz CT molecular complexity index is 3850. The largest absolute Gasteiger partial charge is 0.309 e. The molecule has 4 nitrogen and oxygen atoms in total. The van der Waals surface area contributed by atoms with Crippen molar-refractivity contribution in [2.24, 2.45) is 0 Å². The summed E-state index contributed by atoms with van der Waals surface area (Å²) in [5, 5.41) is 10.2. The third kappa shape index (κ3) is 6.91. The van der Waals surface area contributed by atoms with Crippen LogP contribution in [0.25, 0.3) is 93.0 Å². The van der Waals surface area contributed by atoms with Gasteiger partial charge in [0.15, 0.2) is 25.5 Å². The molecule has 6 heteroatoms. The van der Waals surface area contributed by atoms with Crippen molar-refractivity contribution in [3.05, 3.63) is 255 Å². The smallest absolute Gasteiger partial charge is 0.179 e. The molecule has 0 aliphatic heterocycles. The first kappa shape index (κ1) is 40.7. The summed E-state index contributed by atoms with van der Waals surface area (Å²) in [5.41, 5.74) is 8.56. The predicted octanol–water partition coefficient (Wildman–Crippen LogP) is 13.4. The third-order valence-corrected chi connectivity index (χ3v) is 19.5. The summed E-state index contributed by atoms with van der Waals surface area (Å²) in [5.74, 6) is 1.86. The van der Waals surface area contributed by atoms with Crippen LogP contribution >= 0.6 is 11.3 Å². The zero-order valence-corrected chi connectivity index (χ0v) is 39.3. The Hall–Kier alpha value is -8.55.